The molecule has 0 aromatic heterocycles. The van der Waals surface area contributed by atoms with Crippen molar-refractivity contribution in [3.63, 3.8) is 0 Å². The van der Waals surface area contributed by atoms with Crippen molar-refractivity contribution in [2.24, 2.45) is 0 Å². The van der Waals surface area contributed by atoms with Crippen molar-refractivity contribution in [2.45, 2.75) is 12.5 Å². The third kappa shape index (κ3) is 3.81. The van der Waals surface area contributed by atoms with Crippen molar-refractivity contribution in [3.05, 3.63) is 62.3 Å². The number of hydrogen-bond acceptors (Lipinski definition) is 2. The predicted octanol–water partition coefficient (Wildman–Crippen LogP) is 4.64. The second kappa shape index (κ2) is 6.70. The van der Waals surface area contributed by atoms with Gasteiger partial charge in [0, 0.05) is 15.4 Å². The predicted molar refractivity (Wildman–Crippen MR) is 83.5 cm³/mol. The summed E-state index contributed by atoms with van der Waals surface area (Å²) in [5.74, 6) is 0.342. The van der Waals surface area contributed by atoms with E-state index in [1.165, 1.54) is 12.1 Å². The molecule has 0 spiro atoms. The summed E-state index contributed by atoms with van der Waals surface area (Å²) < 4.78 is 19.9. The third-order valence-electron chi connectivity index (χ3n) is 2.91. The molecule has 0 bridgehead atoms. The molecule has 0 aliphatic heterocycles. The lowest BCUT2D eigenvalue weighted by atomic mass is 10.0. The summed E-state index contributed by atoms with van der Waals surface area (Å²) in [6, 6.07) is 9.99. The number of aliphatic hydroxyl groups excluding tert-OH is 1. The van der Waals surface area contributed by atoms with Crippen LogP contribution < -0.4 is 4.74 Å². The fourth-order valence-electron chi connectivity index (χ4n) is 1.97. The van der Waals surface area contributed by atoms with Gasteiger partial charge in [-0.15, -0.1) is 0 Å². The molecule has 0 radical (unpaired) electrons. The Labute approximate surface area is 133 Å². The van der Waals surface area contributed by atoms with Crippen molar-refractivity contribution < 1.29 is 14.2 Å². The maximum absolute atomic E-state index is 13.3. The van der Waals surface area contributed by atoms with Crippen LogP contribution in [0.3, 0.4) is 0 Å². The molecule has 0 saturated carbocycles. The second-order valence-corrected chi connectivity index (χ2v) is 6.16. The van der Waals surface area contributed by atoms with Crippen LogP contribution >= 0.6 is 31.9 Å². The Hall–Kier alpha value is -0.910. The minimum absolute atomic E-state index is 0.322. The average Bonchev–Trinajstić information content (AvgIpc) is 2.37. The van der Waals surface area contributed by atoms with Gasteiger partial charge in [0.1, 0.15) is 11.6 Å². The Balaban J connectivity index is 2.25. The Morgan fingerprint density at radius 2 is 1.95 bits per heavy atom. The lowest BCUT2D eigenvalue weighted by Crippen LogP contribution is -2.03. The molecule has 2 aromatic carbocycles. The molecule has 5 heteroatoms. The van der Waals surface area contributed by atoms with Crippen LogP contribution in [-0.2, 0) is 6.42 Å². The lowest BCUT2D eigenvalue weighted by Gasteiger charge is -2.14. The molecule has 0 saturated heterocycles. The zero-order chi connectivity index (χ0) is 14.7. The van der Waals surface area contributed by atoms with Crippen LogP contribution in [-0.4, -0.2) is 12.2 Å². The third-order valence-corrected chi connectivity index (χ3v) is 4.09. The number of benzene rings is 2. The molecule has 0 amide bonds. The molecule has 106 valence electrons. The molecule has 1 unspecified atom stereocenters. The normalized spacial score (nSPS) is 12.2. The minimum Gasteiger partial charge on any atom is -0.497 e. The van der Waals surface area contributed by atoms with Gasteiger partial charge in [0.2, 0.25) is 0 Å². The summed E-state index contributed by atoms with van der Waals surface area (Å²) in [4.78, 5) is 0. The first-order valence-electron chi connectivity index (χ1n) is 5.96. The van der Waals surface area contributed by atoms with Crippen LogP contribution in [0.2, 0.25) is 0 Å². The highest BCUT2D eigenvalue weighted by Crippen LogP contribution is 2.30. The molecule has 2 rings (SSSR count). The fourth-order valence-corrected chi connectivity index (χ4v) is 2.99. The van der Waals surface area contributed by atoms with E-state index in [0.29, 0.717) is 22.2 Å². The molecule has 1 atom stereocenters. The smallest absolute Gasteiger partial charge is 0.124 e. The molecule has 2 nitrogen and oxygen atoms in total. The van der Waals surface area contributed by atoms with Crippen LogP contribution in [0, 0.1) is 5.82 Å². The molecular formula is C15H13Br2FO2. The van der Waals surface area contributed by atoms with E-state index in [4.69, 9.17) is 4.74 Å². The monoisotopic (exact) mass is 402 g/mol. The van der Waals surface area contributed by atoms with E-state index < -0.39 is 6.10 Å². The van der Waals surface area contributed by atoms with Gasteiger partial charge in [-0.3, -0.25) is 0 Å². The Kier molecular flexibility index (Phi) is 5.18. The minimum atomic E-state index is -0.742. The summed E-state index contributed by atoms with van der Waals surface area (Å²) in [7, 11) is 1.57. The van der Waals surface area contributed by atoms with Crippen molar-refractivity contribution in [2.75, 3.05) is 7.11 Å². The van der Waals surface area contributed by atoms with Crippen molar-refractivity contribution >= 4 is 31.9 Å². The first kappa shape index (κ1) is 15.5. The van der Waals surface area contributed by atoms with Gasteiger partial charge < -0.3 is 9.84 Å². The number of ether oxygens (including phenoxy) is 1. The van der Waals surface area contributed by atoms with Gasteiger partial charge in [-0.05, 0) is 47.5 Å². The molecular weight excluding hydrogens is 391 g/mol. The Morgan fingerprint density at radius 1 is 1.20 bits per heavy atom. The SMILES string of the molecule is COc1ccc(Br)c(C(O)Cc2cc(F)cc(Br)c2)c1. The topological polar surface area (TPSA) is 29.5 Å². The molecule has 1 N–H and O–H groups in total. The largest absolute Gasteiger partial charge is 0.497 e. The van der Waals surface area contributed by atoms with E-state index in [9.17, 15) is 9.50 Å². The van der Waals surface area contributed by atoms with E-state index in [-0.39, 0.29) is 5.82 Å². The molecule has 0 aliphatic rings. The summed E-state index contributed by atoms with van der Waals surface area (Å²) in [5, 5.41) is 10.3. The van der Waals surface area contributed by atoms with Crippen molar-refractivity contribution in [3.8, 4) is 5.75 Å². The van der Waals surface area contributed by atoms with Gasteiger partial charge in [-0.2, -0.15) is 0 Å². The quantitative estimate of drug-likeness (QED) is 0.805. The zero-order valence-corrected chi connectivity index (χ0v) is 13.9. The highest BCUT2D eigenvalue weighted by atomic mass is 79.9. The van der Waals surface area contributed by atoms with Crippen molar-refractivity contribution in [1.82, 2.24) is 0 Å². The van der Waals surface area contributed by atoms with E-state index >= 15 is 0 Å². The Bertz CT molecular complexity index is 597. The van der Waals surface area contributed by atoms with Crippen LogP contribution in [0.5, 0.6) is 5.75 Å². The lowest BCUT2D eigenvalue weighted by molar-refractivity contribution is 0.177. The number of hydrogen-bond donors (Lipinski definition) is 1. The van der Waals surface area contributed by atoms with Crippen LogP contribution in [0.1, 0.15) is 17.2 Å². The maximum atomic E-state index is 13.3. The van der Waals surface area contributed by atoms with Gasteiger partial charge in [-0.25, -0.2) is 4.39 Å². The van der Waals surface area contributed by atoms with Gasteiger partial charge in [0.05, 0.1) is 13.2 Å². The summed E-state index contributed by atoms with van der Waals surface area (Å²) in [5.41, 5.74) is 1.43. The van der Waals surface area contributed by atoms with Gasteiger partial charge in [-0.1, -0.05) is 31.9 Å². The molecule has 0 fully saturated rings. The molecule has 20 heavy (non-hydrogen) atoms. The number of aliphatic hydroxyl groups is 1. The second-order valence-electron chi connectivity index (χ2n) is 4.39. The average molecular weight is 404 g/mol. The van der Waals surface area contributed by atoms with Gasteiger partial charge >= 0.3 is 0 Å². The summed E-state index contributed by atoms with van der Waals surface area (Å²) in [6.07, 6.45) is -0.421. The van der Waals surface area contributed by atoms with E-state index in [1.807, 2.05) is 6.07 Å². The van der Waals surface area contributed by atoms with E-state index in [0.717, 1.165) is 10.0 Å². The zero-order valence-electron chi connectivity index (χ0n) is 10.7. The highest BCUT2D eigenvalue weighted by molar-refractivity contribution is 9.10. The van der Waals surface area contributed by atoms with Gasteiger partial charge in [0.25, 0.3) is 0 Å². The fraction of sp³-hybridized carbons (Fsp3) is 0.200. The highest BCUT2D eigenvalue weighted by Gasteiger charge is 2.14. The van der Waals surface area contributed by atoms with E-state index in [1.54, 1.807) is 25.3 Å². The summed E-state index contributed by atoms with van der Waals surface area (Å²) >= 11 is 6.65. The summed E-state index contributed by atoms with van der Waals surface area (Å²) in [6.45, 7) is 0. The van der Waals surface area contributed by atoms with E-state index in [2.05, 4.69) is 31.9 Å². The van der Waals surface area contributed by atoms with Gasteiger partial charge in [0.15, 0.2) is 0 Å². The number of rotatable bonds is 4. The Morgan fingerprint density at radius 3 is 2.60 bits per heavy atom. The number of halogens is 3. The molecule has 0 heterocycles. The first-order valence-corrected chi connectivity index (χ1v) is 7.54. The standard InChI is InChI=1S/C15H13Br2FO2/c1-20-12-2-3-14(17)13(8-12)15(19)6-9-4-10(16)7-11(18)5-9/h2-5,7-8,15,19H,6H2,1H3. The first-order chi connectivity index (χ1) is 9.49. The molecule has 0 aliphatic carbocycles. The number of methoxy groups -OCH3 is 1. The van der Waals surface area contributed by atoms with Crippen LogP contribution in [0.25, 0.3) is 0 Å². The molecule has 2 aromatic rings. The van der Waals surface area contributed by atoms with Crippen molar-refractivity contribution in [1.29, 1.82) is 0 Å². The van der Waals surface area contributed by atoms with Crippen LogP contribution in [0.4, 0.5) is 4.39 Å². The van der Waals surface area contributed by atoms with Crippen LogP contribution in [0.15, 0.2) is 45.3 Å². The maximum Gasteiger partial charge on any atom is 0.124 e.